The fraction of sp³-hybridized carbons (Fsp3) is 0.316. The highest BCUT2D eigenvalue weighted by Gasteiger charge is 2.23. The third-order valence-electron chi connectivity index (χ3n) is 4.59. The van der Waals surface area contributed by atoms with Crippen molar-refractivity contribution in [3.05, 3.63) is 48.0 Å². The molecule has 1 aromatic carbocycles. The minimum absolute atomic E-state index is 0.123. The molecule has 1 saturated heterocycles. The van der Waals surface area contributed by atoms with E-state index in [0.29, 0.717) is 36.7 Å². The van der Waals surface area contributed by atoms with Gasteiger partial charge in [-0.05, 0) is 37.6 Å². The summed E-state index contributed by atoms with van der Waals surface area (Å²) in [5, 5.41) is 11.4. The van der Waals surface area contributed by atoms with E-state index in [1.54, 1.807) is 17.1 Å². The number of aromatic nitrogens is 3. The zero-order valence-electron chi connectivity index (χ0n) is 14.9. The Morgan fingerprint density at radius 3 is 2.85 bits per heavy atom. The molecule has 4 rings (SSSR count). The molecule has 0 aliphatic carbocycles. The molecule has 7 nitrogen and oxygen atoms in total. The Hall–Kier alpha value is -3.00. The first-order chi connectivity index (χ1) is 13.2. The highest BCUT2D eigenvalue weighted by Crippen LogP contribution is 2.28. The molecule has 2 aromatic heterocycles. The topological polar surface area (TPSA) is 81.1 Å². The van der Waals surface area contributed by atoms with E-state index in [2.05, 4.69) is 20.7 Å². The summed E-state index contributed by atoms with van der Waals surface area (Å²) in [7, 11) is 0. The van der Waals surface area contributed by atoms with Gasteiger partial charge in [0, 0.05) is 25.0 Å². The van der Waals surface area contributed by atoms with Gasteiger partial charge in [-0.3, -0.25) is 4.79 Å². The fourth-order valence-corrected chi connectivity index (χ4v) is 3.17. The SMILES string of the molecule is CCn1ncc2c(N[C@H]3CCOC3)c(C(=O)Nc3ccc(F)cc3)cnc21. The summed E-state index contributed by atoms with van der Waals surface area (Å²) in [6.45, 7) is 3.95. The standard InChI is InChI=1S/C19H20FN5O2/c1-2-25-18-15(10-22-25)17(23-14-7-8-27-11-14)16(9-21-18)19(26)24-13-5-3-12(20)4-6-13/h3-6,9-10,14H,2,7-8,11H2,1H3,(H,21,23)(H,24,26)/t14-/m0/s1. The molecule has 3 aromatic rings. The minimum atomic E-state index is -0.355. The Morgan fingerprint density at radius 2 is 2.15 bits per heavy atom. The molecule has 1 fully saturated rings. The molecule has 8 heteroatoms. The predicted molar refractivity (Wildman–Crippen MR) is 100 cm³/mol. The smallest absolute Gasteiger partial charge is 0.259 e. The van der Waals surface area contributed by atoms with Gasteiger partial charge in [0.25, 0.3) is 5.91 Å². The van der Waals surface area contributed by atoms with Crippen molar-refractivity contribution in [3.63, 3.8) is 0 Å². The van der Waals surface area contributed by atoms with Crippen molar-refractivity contribution < 1.29 is 13.9 Å². The number of nitrogens with one attached hydrogen (secondary N) is 2. The molecular formula is C19H20FN5O2. The fourth-order valence-electron chi connectivity index (χ4n) is 3.17. The van der Waals surface area contributed by atoms with E-state index in [1.165, 1.54) is 24.3 Å². The first-order valence-electron chi connectivity index (χ1n) is 8.91. The zero-order valence-corrected chi connectivity index (χ0v) is 14.9. The number of aryl methyl sites for hydroxylation is 1. The first-order valence-corrected chi connectivity index (χ1v) is 8.91. The van der Waals surface area contributed by atoms with Crippen molar-refractivity contribution in [2.45, 2.75) is 25.9 Å². The summed E-state index contributed by atoms with van der Waals surface area (Å²) in [6, 6.07) is 5.77. The van der Waals surface area contributed by atoms with Crippen molar-refractivity contribution in [2.75, 3.05) is 23.8 Å². The molecule has 0 radical (unpaired) electrons. The third-order valence-corrected chi connectivity index (χ3v) is 4.59. The average Bonchev–Trinajstić information content (AvgIpc) is 3.33. The number of pyridine rings is 1. The number of carbonyl (C=O) groups excluding carboxylic acids is 1. The van der Waals surface area contributed by atoms with Gasteiger partial charge in [-0.25, -0.2) is 14.1 Å². The molecule has 2 N–H and O–H groups in total. The van der Waals surface area contributed by atoms with Gasteiger partial charge in [0.05, 0.1) is 35.5 Å². The van der Waals surface area contributed by atoms with Crippen molar-refractivity contribution in [1.29, 1.82) is 0 Å². The van der Waals surface area contributed by atoms with E-state index in [4.69, 9.17) is 4.74 Å². The van der Waals surface area contributed by atoms with E-state index in [9.17, 15) is 9.18 Å². The van der Waals surface area contributed by atoms with Crippen LogP contribution in [0.1, 0.15) is 23.7 Å². The monoisotopic (exact) mass is 369 g/mol. The van der Waals surface area contributed by atoms with Crippen LogP contribution in [0.2, 0.25) is 0 Å². The molecular weight excluding hydrogens is 349 g/mol. The van der Waals surface area contributed by atoms with Gasteiger partial charge in [-0.2, -0.15) is 5.10 Å². The molecule has 0 unspecified atom stereocenters. The summed E-state index contributed by atoms with van der Waals surface area (Å²) in [5.74, 6) is -0.673. The highest BCUT2D eigenvalue weighted by atomic mass is 19.1. The van der Waals surface area contributed by atoms with Gasteiger partial charge in [-0.1, -0.05) is 0 Å². The highest BCUT2D eigenvalue weighted by molar-refractivity contribution is 6.12. The van der Waals surface area contributed by atoms with Crippen LogP contribution in [0.5, 0.6) is 0 Å². The van der Waals surface area contributed by atoms with Crippen LogP contribution in [0.25, 0.3) is 11.0 Å². The molecule has 3 heterocycles. The number of halogens is 1. The van der Waals surface area contributed by atoms with Crippen LogP contribution < -0.4 is 10.6 Å². The van der Waals surface area contributed by atoms with Crippen molar-refractivity contribution in [2.24, 2.45) is 0 Å². The van der Waals surface area contributed by atoms with Crippen LogP contribution in [-0.2, 0) is 11.3 Å². The van der Waals surface area contributed by atoms with Crippen molar-refractivity contribution in [3.8, 4) is 0 Å². The Kier molecular flexibility index (Phi) is 4.72. The van der Waals surface area contributed by atoms with Gasteiger partial charge in [0.1, 0.15) is 5.82 Å². The lowest BCUT2D eigenvalue weighted by Crippen LogP contribution is -2.23. The maximum absolute atomic E-state index is 13.1. The lowest BCUT2D eigenvalue weighted by molar-refractivity contribution is 0.102. The maximum Gasteiger partial charge on any atom is 0.259 e. The summed E-state index contributed by atoms with van der Waals surface area (Å²) in [6.07, 6.45) is 4.14. The number of rotatable bonds is 5. The largest absolute Gasteiger partial charge is 0.379 e. The van der Waals surface area contributed by atoms with Crippen LogP contribution in [0, 0.1) is 5.82 Å². The second-order valence-corrected chi connectivity index (χ2v) is 6.41. The number of carbonyl (C=O) groups is 1. The number of benzene rings is 1. The molecule has 0 spiro atoms. The third kappa shape index (κ3) is 3.48. The van der Waals surface area contributed by atoms with Crippen LogP contribution in [0.15, 0.2) is 36.7 Å². The molecule has 1 aliphatic rings. The van der Waals surface area contributed by atoms with Crippen LogP contribution >= 0.6 is 0 Å². The van der Waals surface area contributed by atoms with Crippen LogP contribution in [0.4, 0.5) is 15.8 Å². The van der Waals surface area contributed by atoms with Crippen LogP contribution in [-0.4, -0.2) is 39.9 Å². The Labute approximate surface area is 155 Å². The molecule has 1 atom stereocenters. The molecule has 140 valence electrons. The maximum atomic E-state index is 13.1. The number of anilines is 2. The number of hydrogen-bond donors (Lipinski definition) is 2. The second kappa shape index (κ2) is 7.32. The predicted octanol–water partition coefficient (Wildman–Crippen LogP) is 3.04. The molecule has 1 aliphatic heterocycles. The molecule has 27 heavy (non-hydrogen) atoms. The summed E-state index contributed by atoms with van der Waals surface area (Å²) in [5.41, 5.74) is 2.34. The average molecular weight is 369 g/mol. The lowest BCUT2D eigenvalue weighted by atomic mass is 10.1. The number of fused-ring (bicyclic) bond motifs is 1. The van der Waals surface area contributed by atoms with E-state index in [-0.39, 0.29) is 17.8 Å². The Bertz CT molecular complexity index is 964. The van der Waals surface area contributed by atoms with Gasteiger partial charge in [0.15, 0.2) is 5.65 Å². The second-order valence-electron chi connectivity index (χ2n) is 6.41. The summed E-state index contributed by atoms with van der Waals surface area (Å²) in [4.78, 5) is 17.3. The minimum Gasteiger partial charge on any atom is -0.379 e. The van der Waals surface area contributed by atoms with Gasteiger partial charge < -0.3 is 15.4 Å². The molecule has 0 bridgehead atoms. The number of amides is 1. The van der Waals surface area contributed by atoms with Gasteiger partial charge >= 0.3 is 0 Å². The number of hydrogen-bond acceptors (Lipinski definition) is 5. The molecule has 0 saturated carbocycles. The number of nitrogens with zero attached hydrogens (tertiary/aromatic N) is 3. The van der Waals surface area contributed by atoms with Gasteiger partial charge in [-0.15, -0.1) is 0 Å². The van der Waals surface area contributed by atoms with Crippen molar-refractivity contribution >= 4 is 28.3 Å². The normalized spacial score (nSPS) is 16.6. The molecule has 1 amide bonds. The quantitative estimate of drug-likeness (QED) is 0.722. The Morgan fingerprint density at radius 1 is 1.33 bits per heavy atom. The lowest BCUT2D eigenvalue weighted by Gasteiger charge is -2.17. The van der Waals surface area contributed by atoms with E-state index in [1.807, 2.05) is 6.92 Å². The van der Waals surface area contributed by atoms with Crippen LogP contribution in [0.3, 0.4) is 0 Å². The number of ether oxygens (including phenoxy) is 1. The van der Waals surface area contributed by atoms with E-state index < -0.39 is 0 Å². The van der Waals surface area contributed by atoms with Crippen molar-refractivity contribution in [1.82, 2.24) is 14.8 Å². The summed E-state index contributed by atoms with van der Waals surface area (Å²) >= 11 is 0. The zero-order chi connectivity index (χ0) is 18.8. The van der Waals surface area contributed by atoms with E-state index in [0.717, 1.165) is 17.5 Å². The Balaban J connectivity index is 1.71. The first kappa shape index (κ1) is 17.4. The summed E-state index contributed by atoms with van der Waals surface area (Å²) < 4.78 is 20.3. The van der Waals surface area contributed by atoms with Gasteiger partial charge in [0.2, 0.25) is 0 Å². The van der Waals surface area contributed by atoms with E-state index >= 15 is 0 Å².